The van der Waals surface area contributed by atoms with Crippen molar-refractivity contribution in [3.05, 3.63) is 35.4 Å². The molecule has 1 aliphatic heterocycles. The molecule has 2 aromatic rings. The lowest BCUT2D eigenvalue weighted by molar-refractivity contribution is -0.137. The van der Waals surface area contributed by atoms with Crippen molar-refractivity contribution in [1.82, 2.24) is 15.1 Å². The molecule has 0 unspecified atom stereocenters. The van der Waals surface area contributed by atoms with Crippen molar-refractivity contribution < 1.29 is 21.6 Å². The van der Waals surface area contributed by atoms with Crippen LogP contribution < -0.4 is 10.0 Å². The number of nitrogens with one attached hydrogen (secondary N) is 2. The van der Waals surface area contributed by atoms with Gasteiger partial charge in [0.1, 0.15) is 5.82 Å². The fourth-order valence-corrected chi connectivity index (χ4v) is 4.84. The molecule has 11 heteroatoms. The summed E-state index contributed by atoms with van der Waals surface area (Å²) in [5.41, 5.74) is 0.461. The van der Waals surface area contributed by atoms with E-state index in [1.165, 1.54) is 6.07 Å². The van der Waals surface area contributed by atoms with Gasteiger partial charge in [-0.25, -0.2) is 8.42 Å². The van der Waals surface area contributed by atoms with Crippen molar-refractivity contribution in [3.8, 4) is 11.3 Å². The molecule has 1 saturated carbocycles. The molecule has 2 N–H and O–H groups in total. The number of likely N-dealkylation sites (tertiary alicyclic amines) is 1. The molecule has 2 aliphatic rings. The number of hydrogen-bond acceptors (Lipinski definition) is 6. The molecule has 1 saturated heterocycles. The quantitative estimate of drug-likeness (QED) is 0.611. The molecule has 2 fully saturated rings. The van der Waals surface area contributed by atoms with Gasteiger partial charge in [-0.1, -0.05) is 13.0 Å². The third-order valence-corrected chi connectivity index (χ3v) is 6.63. The Morgan fingerprint density at radius 3 is 2.55 bits per heavy atom. The van der Waals surface area contributed by atoms with Crippen molar-refractivity contribution >= 4 is 21.5 Å². The van der Waals surface area contributed by atoms with Gasteiger partial charge in [0.25, 0.3) is 0 Å². The van der Waals surface area contributed by atoms with Crippen molar-refractivity contribution in [2.24, 2.45) is 0 Å². The maximum Gasteiger partial charge on any atom is 0.416 e. The number of anilines is 2. The molecule has 1 aliphatic carbocycles. The predicted octanol–water partition coefficient (Wildman–Crippen LogP) is 4.31. The van der Waals surface area contributed by atoms with Crippen molar-refractivity contribution in [3.63, 3.8) is 0 Å². The Morgan fingerprint density at radius 1 is 1.15 bits per heavy atom. The average Bonchev–Trinajstić information content (AvgIpc) is 3.57. The number of aromatic nitrogens is 2. The SMILES string of the molecule is CCN1CCC[C@@H](Nc2cc(C3CC3)c(-c3ccc(C(F)(F)F)cc3NS(C)(=O)=O)nn2)C1. The van der Waals surface area contributed by atoms with E-state index in [1.807, 2.05) is 6.07 Å². The van der Waals surface area contributed by atoms with Gasteiger partial charge in [0, 0.05) is 18.2 Å². The van der Waals surface area contributed by atoms with Crippen LogP contribution in [-0.4, -0.2) is 55.4 Å². The lowest BCUT2D eigenvalue weighted by Crippen LogP contribution is -2.42. The molecule has 0 radical (unpaired) electrons. The molecule has 0 bridgehead atoms. The van der Waals surface area contributed by atoms with E-state index in [9.17, 15) is 21.6 Å². The van der Waals surface area contributed by atoms with Crippen LogP contribution in [-0.2, 0) is 16.2 Å². The summed E-state index contributed by atoms with van der Waals surface area (Å²) in [6.45, 7) is 5.12. The van der Waals surface area contributed by atoms with Gasteiger partial charge in [0.05, 0.1) is 23.2 Å². The molecule has 180 valence electrons. The van der Waals surface area contributed by atoms with Crippen molar-refractivity contribution in [2.75, 3.05) is 35.9 Å². The summed E-state index contributed by atoms with van der Waals surface area (Å²) in [4.78, 5) is 2.37. The van der Waals surface area contributed by atoms with E-state index >= 15 is 0 Å². The molecule has 2 heterocycles. The minimum absolute atomic E-state index is 0.157. The second-order valence-corrected chi connectivity index (χ2v) is 10.6. The number of alkyl halides is 3. The number of sulfonamides is 1. The fourth-order valence-electron chi connectivity index (χ4n) is 4.27. The van der Waals surface area contributed by atoms with Gasteiger partial charge in [-0.05, 0) is 68.5 Å². The van der Waals surface area contributed by atoms with Gasteiger partial charge in [-0.2, -0.15) is 13.2 Å². The topological polar surface area (TPSA) is 87.2 Å². The van der Waals surface area contributed by atoms with Crippen LogP contribution in [0.4, 0.5) is 24.7 Å². The summed E-state index contributed by atoms with van der Waals surface area (Å²) in [6, 6.07) is 5.17. The average molecular weight is 484 g/mol. The van der Waals surface area contributed by atoms with Gasteiger partial charge in [-0.15, -0.1) is 10.2 Å². The van der Waals surface area contributed by atoms with E-state index in [-0.39, 0.29) is 23.2 Å². The van der Waals surface area contributed by atoms with E-state index in [2.05, 4.69) is 32.1 Å². The molecular formula is C22H28F3N5O2S. The maximum atomic E-state index is 13.3. The normalized spacial score (nSPS) is 20.0. The van der Waals surface area contributed by atoms with Crippen LogP contribution >= 0.6 is 0 Å². The van der Waals surface area contributed by atoms with E-state index in [0.717, 1.165) is 69.3 Å². The van der Waals surface area contributed by atoms with Crippen LogP contribution in [0.15, 0.2) is 24.3 Å². The number of rotatable bonds is 7. The maximum absolute atomic E-state index is 13.3. The molecule has 1 atom stereocenters. The molecule has 1 aromatic heterocycles. The van der Waals surface area contributed by atoms with E-state index in [0.29, 0.717) is 11.5 Å². The molecule has 4 rings (SSSR count). The number of benzene rings is 1. The Kier molecular flexibility index (Phi) is 6.54. The zero-order valence-corrected chi connectivity index (χ0v) is 19.4. The van der Waals surface area contributed by atoms with Gasteiger partial charge >= 0.3 is 6.18 Å². The fraction of sp³-hybridized carbons (Fsp3) is 0.545. The minimum atomic E-state index is -4.60. The molecular weight excluding hydrogens is 455 g/mol. The molecule has 33 heavy (non-hydrogen) atoms. The third-order valence-electron chi connectivity index (χ3n) is 6.04. The molecule has 0 amide bonds. The zero-order valence-electron chi connectivity index (χ0n) is 18.6. The van der Waals surface area contributed by atoms with Crippen LogP contribution in [0.5, 0.6) is 0 Å². The highest BCUT2D eigenvalue weighted by molar-refractivity contribution is 7.92. The molecule has 1 aromatic carbocycles. The zero-order chi connectivity index (χ0) is 23.8. The first-order chi connectivity index (χ1) is 15.5. The first-order valence-corrected chi connectivity index (χ1v) is 13.0. The van der Waals surface area contributed by atoms with Crippen molar-refractivity contribution in [2.45, 2.75) is 50.7 Å². The summed E-state index contributed by atoms with van der Waals surface area (Å²) in [5, 5.41) is 12.1. The van der Waals surface area contributed by atoms with Crippen LogP contribution in [0.2, 0.25) is 0 Å². The predicted molar refractivity (Wildman–Crippen MR) is 122 cm³/mol. The summed E-state index contributed by atoms with van der Waals surface area (Å²) in [7, 11) is -3.81. The highest BCUT2D eigenvalue weighted by atomic mass is 32.2. The summed E-state index contributed by atoms with van der Waals surface area (Å²) in [5.74, 6) is 0.857. The Bertz CT molecular complexity index is 1120. The van der Waals surface area contributed by atoms with Crippen LogP contribution in [0.1, 0.15) is 49.7 Å². The number of nitrogens with zero attached hydrogens (tertiary/aromatic N) is 3. The first kappa shape index (κ1) is 23.7. The lowest BCUT2D eigenvalue weighted by Gasteiger charge is -2.32. The molecule has 0 spiro atoms. The standard InChI is InChI=1S/C22H28F3N5O2S/c1-3-30-10-4-5-16(13-30)26-20-12-18(14-6-7-14)21(28-27-20)17-9-8-15(22(23,24)25)11-19(17)29-33(2,31)32/h8-9,11-12,14,16,29H,3-7,10,13H2,1-2H3,(H,26,27)/t16-/m1/s1. The Hall–Kier alpha value is -2.40. The number of piperidine rings is 1. The highest BCUT2D eigenvalue weighted by Crippen LogP contribution is 2.46. The van der Waals surface area contributed by atoms with Gasteiger partial charge in [0.2, 0.25) is 10.0 Å². The third kappa shape index (κ3) is 5.94. The van der Waals surface area contributed by atoms with Gasteiger partial charge in [-0.3, -0.25) is 4.72 Å². The highest BCUT2D eigenvalue weighted by Gasteiger charge is 2.33. The molecule has 7 nitrogen and oxygen atoms in total. The van der Waals surface area contributed by atoms with E-state index in [1.54, 1.807) is 0 Å². The first-order valence-electron chi connectivity index (χ1n) is 11.1. The van der Waals surface area contributed by atoms with Gasteiger partial charge < -0.3 is 10.2 Å². The summed E-state index contributed by atoms with van der Waals surface area (Å²) < 4.78 is 65.7. The van der Waals surface area contributed by atoms with Crippen molar-refractivity contribution in [1.29, 1.82) is 0 Å². The van der Waals surface area contributed by atoms with E-state index in [4.69, 9.17) is 0 Å². The summed E-state index contributed by atoms with van der Waals surface area (Å²) in [6.07, 6.45) is 0.318. The van der Waals surface area contributed by atoms with Crippen LogP contribution in [0.3, 0.4) is 0 Å². The number of hydrogen-bond donors (Lipinski definition) is 2. The van der Waals surface area contributed by atoms with Gasteiger partial charge in [0.15, 0.2) is 0 Å². The lowest BCUT2D eigenvalue weighted by atomic mass is 9.99. The van der Waals surface area contributed by atoms with Crippen LogP contribution in [0, 0.1) is 0 Å². The largest absolute Gasteiger partial charge is 0.416 e. The Morgan fingerprint density at radius 2 is 1.91 bits per heavy atom. The second kappa shape index (κ2) is 9.09. The Balaban J connectivity index is 1.70. The van der Waals surface area contributed by atoms with Crippen LogP contribution in [0.25, 0.3) is 11.3 Å². The van der Waals surface area contributed by atoms with E-state index < -0.39 is 21.8 Å². The monoisotopic (exact) mass is 483 g/mol. The Labute approximate surface area is 191 Å². The summed E-state index contributed by atoms with van der Waals surface area (Å²) >= 11 is 0. The second-order valence-electron chi connectivity index (χ2n) is 8.82. The smallest absolute Gasteiger partial charge is 0.365 e. The number of halogens is 3. The number of likely N-dealkylation sites (N-methyl/N-ethyl adjacent to an activating group) is 1. The minimum Gasteiger partial charge on any atom is -0.365 e.